The zero-order valence-electron chi connectivity index (χ0n) is 10.6. The molecule has 4 unspecified atom stereocenters. The van der Waals surface area contributed by atoms with Crippen LogP contribution < -0.4 is 11.1 Å². The summed E-state index contributed by atoms with van der Waals surface area (Å²) >= 11 is 1.54. The summed E-state index contributed by atoms with van der Waals surface area (Å²) in [6, 6.07) is -0.531. The number of hydrogen-bond donors (Lipinski definition) is 3. The fourth-order valence-electron chi connectivity index (χ4n) is 1.36. The predicted molar refractivity (Wildman–Crippen MR) is 69.4 cm³/mol. The van der Waals surface area contributed by atoms with Crippen molar-refractivity contribution < 1.29 is 9.90 Å². The Labute approximate surface area is 102 Å². The Kier molecular flexibility index (Phi) is 7.80. The molecule has 0 spiro atoms. The third kappa shape index (κ3) is 4.72. The molecule has 0 radical (unpaired) electrons. The summed E-state index contributed by atoms with van der Waals surface area (Å²) in [5.41, 5.74) is 5.82. The van der Waals surface area contributed by atoms with Crippen molar-refractivity contribution in [2.75, 3.05) is 12.9 Å². The summed E-state index contributed by atoms with van der Waals surface area (Å²) in [5, 5.41) is 12.0. The van der Waals surface area contributed by atoms with Gasteiger partial charge in [-0.2, -0.15) is 11.8 Å². The van der Waals surface area contributed by atoms with E-state index in [-0.39, 0.29) is 29.7 Å². The summed E-state index contributed by atoms with van der Waals surface area (Å²) in [4.78, 5) is 11.8. The van der Waals surface area contributed by atoms with Gasteiger partial charge in [0, 0.05) is 11.3 Å². The second-order valence-electron chi connectivity index (χ2n) is 4.17. The summed E-state index contributed by atoms with van der Waals surface area (Å²) in [5.74, 6) is 0.0448. The maximum absolute atomic E-state index is 11.8. The highest BCUT2D eigenvalue weighted by molar-refractivity contribution is 7.99. The highest BCUT2D eigenvalue weighted by Gasteiger charge is 2.23. The Morgan fingerprint density at radius 2 is 2.06 bits per heavy atom. The molecule has 1 amide bonds. The van der Waals surface area contributed by atoms with Crippen molar-refractivity contribution >= 4 is 17.7 Å². The monoisotopic (exact) mass is 248 g/mol. The minimum absolute atomic E-state index is 0.0214. The second kappa shape index (κ2) is 7.92. The van der Waals surface area contributed by atoms with E-state index in [0.717, 1.165) is 6.42 Å². The number of hydrogen-bond acceptors (Lipinski definition) is 4. The van der Waals surface area contributed by atoms with Gasteiger partial charge in [-0.05, 0) is 19.1 Å². The molecule has 0 aromatic heterocycles. The Morgan fingerprint density at radius 1 is 1.50 bits per heavy atom. The molecule has 16 heavy (non-hydrogen) atoms. The van der Waals surface area contributed by atoms with Crippen molar-refractivity contribution in [1.82, 2.24) is 5.32 Å². The van der Waals surface area contributed by atoms with E-state index >= 15 is 0 Å². The van der Waals surface area contributed by atoms with E-state index in [1.807, 2.05) is 27.0 Å². The van der Waals surface area contributed by atoms with Gasteiger partial charge in [-0.25, -0.2) is 0 Å². The van der Waals surface area contributed by atoms with Crippen LogP contribution in [0, 0.1) is 5.92 Å². The van der Waals surface area contributed by atoms with Crippen LogP contribution in [0.4, 0.5) is 0 Å². The third-order valence-corrected chi connectivity index (χ3v) is 4.13. The van der Waals surface area contributed by atoms with Crippen LogP contribution in [0.5, 0.6) is 0 Å². The third-order valence-electron chi connectivity index (χ3n) is 2.97. The maximum Gasteiger partial charge on any atom is 0.237 e. The van der Waals surface area contributed by atoms with Gasteiger partial charge < -0.3 is 16.2 Å². The van der Waals surface area contributed by atoms with E-state index in [1.165, 1.54) is 0 Å². The van der Waals surface area contributed by atoms with Gasteiger partial charge in [0.2, 0.25) is 5.91 Å². The topological polar surface area (TPSA) is 75.4 Å². The lowest BCUT2D eigenvalue weighted by Crippen LogP contribution is -2.50. The SMILES string of the molecule is CCC(C)C(N)C(=O)NC(C)C(CO)SC. The smallest absolute Gasteiger partial charge is 0.237 e. The minimum atomic E-state index is -0.464. The quantitative estimate of drug-likeness (QED) is 0.616. The molecule has 4 N–H and O–H groups in total. The first kappa shape index (κ1) is 15.7. The van der Waals surface area contributed by atoms with Gasteiger partial charge in [-0.1, -0.05) is 20.3 Å². The van der Waals surface area contributed by atoms with Crippen LogP contribution in [0.1, 0.15) is 27.2 Å². The fourth-order valence-corrected chi connectivity index (χ4v) is 1.99. The van der Waals surface area contributed by atoms with Crippen LogP contribution in [-0.4, -0.2) is 41.2 Å². The molecule has 0 aromatic carbocycles. The van der Waals surface area contributed by atoms with Crippen LogP contribution in [0.15, 0.2) is 0 Å². The lowest BCUT2D eigenvalue weighted by molar-refractivity contribution is -0.124. The number of rotatable bonds is 7. The van der Waals surface area contributed by atoms with Gasteiger partial charge in [0.15, 0.2) is 0 Å². The highest BCUT2D eigenvalue weighted by Crippen LogP contribution is 2.11. The normalized spacial score (nSPS) is 18.6. The molecule has 0 fully saturated rings. The largest absolute Gasteiger partial charge is 0.395 e. The van der Waals surface area contributed by atoms with Crippen molar-refractivity contribution in [3.05, 3.63) is 0 Å². The summed E-state index contributed by atoms with van der Waals surface area (Å²) in [6.45, 7) is 5.92. The molecule has 0 heterocycles. The number of nitrogens with two attached hydrogens (primary N) is 1. The molecular formula is C11H24N2O2S. The average Bonchev–Trinajstić information content (AvgIpc) is 2.28. The van der Waals surface area contributed by atoms with Gasteiger partial charge in [-0.15, -0.1) is 0 Å². The number of aliphatic hydroxyl groups is 1. The standard InChI is InChI=1S/C11H24N2O2S/c1-5-7(2)10(12)11(15)13-8(3)9(6-14)16-4/h7-10,14H,5-6,12H2,1-4H3,(H,13,15). The lowest BCUT2D eigenvalue weighted by Gasteiger charge is -2.25. The summed E-state index contributed by atoms with van der Waals surface area (Å²) in [7, 11) is 0. The van der Waals surface area contributed by atoms with Crippen molar-refractivity contribution in [1.29, 1.82) is 0 Å². The van der Waals surface area contributed by atoms with Crippen LogP contribution in [0.2, 0.25) is 0 Å². The van der Waals surface area contributed by atoms with Crippen LogP contribution >= 0.6 is 11.8 Å². The van der Waals surface area contributed by atoms with Crippen molar-refractivity contribution in [3.63, 3.8) is 0 Å². The van der Waals surface area contributed by atoms with E-state index in [0.29, 0.717) is 0 Å². The van der Waals surface area contributed by atoms with Crippen molar-refractivity contribution in [2.24, 2.45) is 11.7 Å². The molecule has 4 atom stereocenters. The molecule has 96 valence electrons. The molecule has 0 rings (SSSR count). The fraction of sp³-hybridized carbons (Fsp3) is 0.909. The zero-order chi connectivity index (χ0) is 12.7. The molecule has 0 aromatic rings. The number of carbonyl (C=O) groups is 1. The van der Waals surface area contributed by atoms with Gasteiger partial charge in [0.05, 0.1) is 12.6 Å². The van der Waals surface area contributed by atoms with Crippen molar-refractivity contribution in [3.8, 4) is 0 Å². The van der Waals surface area contributed by atoms with Gasteiger partial charge in [0.1, 0.15) is 0 Å². The lowest BCUT2D eigenvalue weighted by atomic mass is 9.99. The number of nitrogens with one attached hydrogen (secondary N) is 1. The molecular weight excluding hydrogens is 224 g/mol. The van der Waals surface area contributed by atoms with Crippen LogP contribution in [0.25, 0.3) is 0 Å². The van der Waals surface area contributed by atoms with Gasteiger partial charge in [0.25, 0.3) is 0 Å². The summed E-state index contributed by atoms with van der Waals surface area (Å²) < 4.78 is 0. The van der Waals surface area contributed by atoms with Gasteiger partial charge >= 0.3 is 0 Å². The Hall–Kier alpha value is -0.260. The molecule has 0 aliphatic heterocycles. The number of amides is 1. The minimum Gasteiger partial charge on any atom is -0.395 e. The van der Waals surface area contributed by atoms with E-state index < -0.39 is 6.04 Å². The van der Waals surface area contributed by atoms with Gasteiger partial charge in [-0.3, -0.25) is 4.79 Å². The first-order valence-electron chi connectivity index (χ1n) is 5.67. The molecule has 0 saturated heterocycles. The molecule has 4 nitrogen and oxygen atoms in total. The van der Waals surface area contributed by atoms with E-state index in [4.69, 9.17) is 10.8 Å². The molecule has 5 heteroatoms. The molecule has 0 saturated carbocycles. The van der Waals surface area contributed by atoms with Crippen molar-refractivity contribution in [2.45, 2.75) is 44.5 Å². The maximum atomic E-state index is 11.8. The van der Waals surface area contributed by atoms with Crippen LogP contribution in [-0.2, 0) is 4.79 Å². The van der Waals surface area contributed by atoms with Crippen LogP contribution in [0.3, 0.4) is 0 Å². The first-order chi connectivity index (χ1) is 7.47. The molecule has 0 aliphatic rings. The van der Waals surface area contributed by atoms with E-state index in [1.54, 1.807) is 11.8 Å². The molecule has 0 aliphatic carbocycles. The molecule has 0 bridgehead atoms. The second-order valence-corrected chi connectivity index (χ2v) is 5.24. The summed E-state index contributed by atoms with van der Waals surface area (Å²) in [6.07, 6.45) is 2.80. The number of aliphatic hydroxyl groups excluding tert-OH is 1. The van der Waals surface area contributed by atoms with E-state index in [2.05, 4.69) is 5.32 Å². The Bertz CT molecular complexity index is 210. The highest BCUT2D eigenvalue weighted by atomic mass is 32.2. The zero-order valence-corrected chi connectivity index (χ0v) is 11.4. The van der Waals surface area contributed by atoms with E-state index in [9.17, 15) is 4.79 Å². The number of carbonyl (C=O) groups excluding carboxylic acids is 1. The first-order valence-corrected chi connectivity index (χ1v) is 6.96. The Morgan fingerprint density at radius 3 is 2.44 bits per heavy atom. The number of thioether (sulfide) groups is 1. The predicted octanol–water partition coefficient (Wildman–Crippen LogP) is 0.588. The Balaban J connectivity index is 4.22. The average molecular weight is 248 g/mol.